The molecule has 0 aliphatic carbocycles. The van der Waals surface area contributed by atoms with Gasteiger partial charge >= 0.3 is 5.76 Å². The molecule has 1 amide bonds. The Morgan fingerprint density at radius 1 is 1.21 bits per heavy atom. The number of fused-ring (bicyclic) bond motifs is 1. The normalized spacial score (nSPS) is 10.9. The van der Waals surface area contributed by atoms with E-state index in [2.05, 4.69) is 5.32 Å². The molecule has 0 unspecified atom stereocenters. The van der Waals surface area contributed by atoms with Crippen LogP contribution in [0, 0.1) is 10.1 Å². The molecule has 9 heteroatoms. The average Bonchev–Trinajstić information content (AvgIpc) is 2.98. The second-order valence-corrected chi connectivity index (χ2v) is 6.37. The van der Waals surface area contributed by atoms with Crippen molar-refractivity contribution in [1.82, 2.24) is 9.88 Å². The van der Waals surface area contributed by atoms with Crippen LogP contribution in [0.4, 0.5) is 11.4 Å². The number of carbonyl (C=O) groups excluding carboxylic acids is 1. The Bertz CT molecular complexity index is 1050. The predicted molar refractivity (Wildman–Crippen MR) is 104 cm³/mol. The zero-order valence-corrected chi connectivity index (χ0v) is 15.1. The van der Waals surface area contributed by atoms with Crippen molar-refractivity contribution in [1.29, 1.82) is 0 Å². The Morgan fingerprint density at radius 3 is 2.68 bits per heavy atom. The molecule has 3 N–H and O–H groups in total. The van der Waals surface area contributed by atoms with Crippen LogP contribution in [-0.2, 0) is 17.8 Å². The number of nitrogens with two attached hydrogens (primary N) is 1. The summed E-state index contributed by atoms with van der Waals surface area (Å²) in [7, 11) is 0. The van der Waals surface area contributed by atoms with Crippen molar-refractivity contribution in [3.63, 3.8) is 0 Å². The summed E-state index contributed by atoms with van der Waals surface area (Å²) in [5.74, 6) is -0.703. The van der Waals surface area contributed by atoms with Crippen molar-refractivity contribution in [3.8, 4) is 0 Å². The largest absolute Gasteiger partial charge is 0.419 e. The van der Waals surface area contributed by atoms with E-state index in [-0.39, 0.29) is 30.1 Å². The van der Waals surface area contributed by atoms with Gasteiger partial charge in [-0.1, -0.05) is 12.1 Å². The fourth-order valence-electron chi connectivity index (χ4n) is 2.90. The third kappa shape index (κ3) is 4.56. The summed E-state index contributed by atoms with van der Waals surface area (Å²) in [4.78, 5) is 34.2. The van der Waals surface area contributed by atoms with Crippen LogP contribution < -0.4 is 16.8 Å². The second kappa shape index (κ2) is 8.38. The lowest BCUT2D eigenvalue weighted by atomic mass is 10.1. The minimum absolute atomic E-state index is 0.105. The maximum Gasteiger partial charge on any atom is 0.419 e. The molecule has 1 aromatic heterocycles. The highest BCUT2D eigenvalue weighted by Crippen LogP contribution is 2.20. The lowest BCUT2D eigenvalue weighted by Gasteiger charge is -2.06. The zero-order valence-electron chi connectivity index (χ0n) is 15.1. The molecule has 3 aromatic rings. The zero-order chi connectivity index (χ0) is 20.1. The number of nitrogen functional groups attached to an aromatic ring is 1. The van der Waals surface area contributed by atoms with E-state index < -0.39 is 10.7 Å². The molecule has 3 rings (SSSR count). The number of non-ortho nitro benzene ring substituents is 1. The highest BCUT2D eigenvalue weighted by molar-refractivity contribution is 5.76. The molecule has 0 spiro atoms. The maximum atomic E-state index is 12.0. The highest BCUT2D eigenvalue weighted by atomic mass is 16.6. The Labute approximate surface area is 159 Å². The molecule has 28 heavy (non-hydrogen) atoms. The number of hydrogen-bond acceptors (Lipinski definition) is 6. The van der Waals surface area contributed by atoms with E-state index in [0.717, 1.165) is 5.56 Å². The number of rotatable bonds is 8. The van der Waals surface area contributed by atoms with Crippen LogP contribution in [0.3, 0.4) is 0 Å². The van der Waals surface area contributed by atoms with Crippen LogP contribution in [0.25, 0.3) is 11.1 Å². The van der Waals surface area contributed by atoms with Gasteiger partial charge in [-0.25, -0.2) is 4.79 Å². The SMILES string of the molecule is Nc1ccc(CCNC(=O)CCCn2c(=O)oc3cc([N+](=O)[O-])ccc32)cc1. The lowest BCUT2D eigenvalue weighted by Crippen LogP contribution is -2.26. The van der Waals surface area contributed by atoms with Crippen molar-refractivity contribution >= 4 is 28.4 Å². The number of carbonyl (C=O) groups is 1. The first-order valence-electron chi connectivity index (χ1n) is 8.83. The van der Waals surface area contributed by atoms with Gasteiger partial charge in [0.05, 0.1) is 16.5 Å². The second-order valence-electron chi connectivity index (χ2n) is 6.37. The summed E-state index contributed by atoms with van der Waals surface area (Å²) in [5.41, 5.74) is 7.90. The predicted octanol–water partition coefficient (Wildman–Crippen LogP) is 2.22. The van der Waals surface area contributed by atoms with E-state index in [1.54, 1.807) is 0 Å². The first-order chi connectivity index (χ1) is 13.4. The highest BCUT2D eigenvalue weighted by Gasteiger charge is 2.14. The van der Waals surface area contributed by atoms with Crippen molar-refractivity contribution in [2.24, 2.45) is 0 Å². The van der Waals surface area contributed by atoms with Crippen LogP contribution in [0.5, 0.6) is 0 Å². The van der Waals surface area contributed by atoms with Gasteiger partial charge in [-0.3, -0.25) is 19.5 Å². The van der Waals surface area contributed by atoms with Crippen molar-refractivity contribution in [2.45, 2.75) is 25.8 Å². The Morgan fingerprint density at radius 2 is 1.96 bits per heavy atom. The molecule has 0 fully saturated rings. The molecule has 2 aromatic carbocycles. The summed E-state index contributed by atoms with van der Waals surface area (Å²) in [6.07, 6.45) is 1.41. The smallest absolute Gasteiger partial charge is 0.407 e. The molecule has 0 atom stereocenters. The molecule has 0 bridgehead atoms. The fraction of sp³-hybridized carbons (Fsp3) is 0.263. The van der Waals surface area contributed by atoms with Gasteiger partial charge in [-0.15, -0.1) is 0 Å². The number of anilines is 1. The summed E-state index contributed by atoms with van der Waals surface area (Å²) in [5, 5.41) is 13.6. The standard InChI is InChI=1S/C19H20N4O5/c20-14-5-3-13(4-6-14)9-10-21-18(24)2-1-11-22-16-8-7-15(23(26)27)12-17(16)28-19(22)25/h3-8,12H,1-2,9-11,20H2,(H,21,24). The van der Waals surface area contributed by atoms with Gasteiger partial charge < -0.3 is 15.5 Å². The van der Waals surface area contributed by atoms with E-state index in [4.69, 9.17) is 10.2 Å². The Kier molecular flexibility index (Phi) is 5.73. The van der Waals surface area contributed by atoms with E-state index in [1.807, 2.05) is 24.3 Å². The summed E-state index contributed by atoms with van der Waals surface area (Å²) < 4.78 is 6.44. The van der Waals surface area contributed by atoms with E-state index in [0.29, 0.717) is 30.6 Å². The number of nitrogens with one attached hydrogen (secondary N) is 1. The van der Waals surface area contributed by atoms with Gasteiger partial charge in [0.1, 0.15) is 0 Å². The van der Waals surface area contributed by atoms with Crippen LogP contribution >= 0.6 is 0 Å². The number of benzene rings is 2. The van der Waals surface area contributed by atoms with Gasteiger partial charge in [0.2, 0.25) is 5.91 Å². The number of amides is 1. The molecular weight excluding hydrogens is 364 g/mol. The van der Waals surface area contributed by atoms with Crippen LogP contribution in [0.1, 0.15) is 18.4 Å². The molecule has 1 heterocycles. The molecule has 0 radical (unpaired) electrons. The quantitative estimate of drug-likeness (QED) is 0.347. The fourth-order valence-corrected chi connectivity index (χ4v) is 2.90. The van der Waals surface area contributed by atoms with Gasteiger partial charge in [-0.2, -0.15) is 0 Å². The van der Waals surface area contributed by atoms with Gasteiger partial charge in [0.25, 0.3) is 5.69 Å². The van der Waals surface area contributed by atoms with Crippen molar-refractivity contribution in [3.05, 3.63) is 68.7 Å². The number of nitro groups is 1. The topological polar surface area (TPSA) is 133 Å². The van der Waals surface area contributed by atoms with E-state index in [9.17, 15) is 19.7 Å². The minimum atomic E-state index is -0.598. The molecule has 0 aliphatic rings. The number of hydrogen-bond donors (Lipinski definition) is 2. The van der Waals surface area contributed by atoms with Gasteiger partial charge in [0.15, 0.2) is 5.58 Å². The maximum absolute atomic E-state index is 12.0. The average molecular weight is 384 g/mol. The number of nitro benzene ring substituents is 1. The minimum Gasteiger partial charge on any atom is -0.407 e. The van der Waals surface area contributed by atoms with Crippen LogP contribution in [-0.4, -0.2) is 21.9 Å². The van der Waals surface area contributed by atoms with Gasteiger partial charge in [0, 0.05) is 31.3 Å². The van der Waals surface area contributed by atoms with E-state index >= 15 is 0 Å². The molecule has 0 aliphatic heterocycles. The third-order valence-electron chi connectivity index (χ3n) is 4.36. The molecule has 146 valence electrons. The lowest BCUT2D eigenvalue weighted by molar-refractivity contribution is -0.384. The Balaban J connectivity index is 1.49. The number of nitrogens with zero attached hydrogens (tertiary/aromatic N) is 2. The number of aromatic nitrogens is 1. The summed E-state index contributed by atoms with van der Waals surface area (Å²) in [6, 6.07) is 11.5. The summed E-state index contributed by atoms with van der Waals surface area (Å²) >= 11 is 0. The van der Waals surface area contributed by atoms with Crippen LogP contribution in [0.2, 0.25) is 0 Å². The van der Waals surface area contributed by atoms with Gasteiger partial charge in [-0.05, 0) is 36.6 Å². The summed E-state index contributed by atoms with van der Waals surface area (Å²) in [6.45, 7) is 0.802. The number of oxazole rings is 1. The Hall–Kier alpha value is -3.62. The number of aryl methyl sites for hydroxylation is 1. The molecule has 0 saturated heterocycles. The van der Waals surface area contributed by atoms with Crippen molar-refractivity contribution in [2.75, 3.05) is 12.3 Å². The van der Waals surface area contributed by atoms with E-state index in [1.165, 1.54) is 22.8 Å². The van der Waals surface area contributed by atoms with Crippen molar-refractivity contribution < 1.29 is 14.1 Å². The first-order valence-corrected chi connectivity index (χ1v) is 8.83. The third-order valence-corrected chi connectivity index (χ3v) is 4.36. The first kappa shape index (κ1) is 19.2. The molecule has 0 saturated carbocycles. The molecular formula is C19H20N4O5. The monoisotopic (exact) mass is 384 g/mol. The molecule has 9 nitrogen and oxygen atoms in total. The van der Waals surface area contributed by atoms with Crippen LogP contribution in [0.15, 0.2) is 51.7 Å².